The summed E-state index contributed by atoms with van der Waals surface area (Å²) in [5.41, 5.74) is 1.75. The molecule has 1 aliphatic heterocycles. The molecule has 0 bridgehead atoms. The molecule has 1 N–H and O–H groups in total. The predicted molar refractivity (Wildman–Crippen MR) is 100 cm³/mol. The number of amides is 1. The van der Waals surface area contributed by atoms with Crippen LogP contribution in [0.2, 0.25) is 10.0 Å². The highest BCUT2D eigenvalue weighted by atomic mass is 35.5. The van der Waals surface area contributed by atoms with Gasteiger partial charge in [-0.05, 0) is 55.3 Å². The third-order valence-corrected chi connectivity index (χ3v) is 5.77. The summed E-state index contributed by atoms with van der Waals surface area (Å²) in [7, 11) is -3.79. The van der Waals surface area contributed by atoms with Gasteiger partial charge in [-0.3, -0.25) is 9.52 Å². The molecule has 132 valence electrons. The molecular weight excluding hydrogens is 383 g/mol. The standard InChI is InChI=1S/C17H16Cl2N2O3S/c1-11-7-15(4-5-16(11)21-6-2-3-17(21)22)25(23,24)20-14-9-12(18)8-13(19)10-14/h4-5,7-10,20H,2-3,6H2,1H3. The average molecular weight is 399 g/mol. The normalized spacial score (nSPS) is 14.8. The second-order valence-electron chi connectivity index (χ2n) is 5.86. The van der Waals surface area contributed by atoms with Crippen LogP contribution in [-0.2, 0) is 14.8 Å². The summed E-state index contributed by atoms with van der Waals surface area (Å²) >= 11 is 11.8. The number of anilines is 2. The van der Waals surface area contributed by atoms with Gasteiger partial charge >= 0.3 is 0 Å². The van der Waals surface area contributed by atoms with E-state index in [0.717, 1.165) is 17.7 Å². The van der Waals surface area contributed by atoms with Crippen molar-refractivity contribution in [2.75, 3.05) is 16.2 Å². The first kappa shape index (κ1) is 18.0. The first-order valence-corrected chi connectivity index (χ1v) is 9.90. The fraction of sp³-hybridized carbons (Fsp3) is 0.235. The predicted octanol–water partition coefficient (Wildman–Crippen LogP) is 4.23. The Balaban J connectivity index is 1.90. The third kappa shape index (κ3) is 3.92. The molecule has 0 spiro atoms. The molecule has 0 atom stereocenters. The lowest BCUT2D eigenvalue weighted by Crippen LogP contribution is -2.24. The largest absolute Gasteiger partial charge is 0.312 e. The van der Waals surface area contributed by atoms with Gasteiger partial charge in [-0.15, -0.1) is 0 Å². The summed E-state index contributed by atoms with van der Waals surface area (Å²) in [6.07, 6.45) is 1.34. The van der Waals surface area contributed by atoms with Crippen LogP contribution in [0.15, 0.2) is 41.3 Å². The molecule has 1 fully saturated rings. The average Bonchev–Trinajstić information content (AvgIpc) is 2.91. The van der Waals surface area contributed by atoms with E-state index < -0.39 is 10.0 Å². The van der Waals surface area contributed by atoms with E-state index in [2.05, 4.69) is 4.72 Å². The number of halogens is 2. The molecule has 0 saturated carbocycles. The van der Waals surface area contributed by atoms with Crippen molar-refractivity contribution >= 4 is 50.5 Å². The van der Waals surface area contributed by atoms with Gasteiger partial charge in [0.25, 0.3) is 10.0 Å². The van der Waals surface area contributed by atoms with Gasteiger partial charge in [0, 0.05) is 28.7 Å². The van der Waals surface area contributed by atoms with Crippen molar-refractivity contribution < 1.29 is 13.2 Å². The number of carbonyl (C=O) groups excluding carboxylic acids is 1. The summed E-state index contributed by atoms with van der Waals surface area (Å²) in [5, 5.41) is 0.675. The molecule has 1 amide bonds. The SMILES string of the molecule is Cc1cc(S(=O)(=O)Nc2cc(Cl)cc(Cl)c2)ccc1N1CCCC1=O. The summed E-state index contributed by atoms with van der Waals surface area (Å²) in [6, 6.07) is 9.19. The highest BCUT2D eigenvalue weighted by Crippen LogP contribution is 2.29. The lowest BCUT2D eigenvalue weighted by atomic mass is 10.2. The first-order valence-electron chi connectivity index (χ1n) is 7.66. The fourth-order valence-electron chi connectivity index (χ4n) is 2.83. The van der Waals surface area contributed by atoms with E-state index in [1.54, 1.807) is 24.0 Å². The lowest BCUT2D eigenvalue weighted by molar-refractivity contribution is -0.117. The number of nitrogens with one attached hydrogen (secondary N) is 1. The van der Waals surface area contributed by atoms with Gasteiger partial charge in [0.05, 0.1) is 10.6 Å². The number of aryl methyl sites for hydroxylation is 1. The van der Waals surface area contributed by atoms with Crippen molar-refractivity contribution in [2.24, 2.45) is 0 Å². The number of hydrogen-bond acceptors (Lipinski definition) is 3. The Kier molecular flexibility index (Phi) is 4.95. The van der Waals surface area contributed by atoms with E-state index in [1.165, 1.54) is 24.3 Å². The maximum atomic E-state index is 12.6. The Morgan fingerprint density at radius 2 is 1.76 bits per heavy atom. The van der Waals surface area contributed by atoms with Crippen LogP contribution in [0.4, 0.5) is 11.4 Å². The topological polar surface area (TPSA) is 66.5 Å². The maximum Gasteiger partial charge on any atom is 0.261 e. The molecule has 3 rings (SSSR count). The summed E-state index contributed by atoms with van der Waals surface area (Å²) in [6.45, 7) is 2.45. The minimum Gasteiger partial charge on any atom is -0.312 e. The van der Waals surface area contributed by atoms with Crippen molar-refractivity contribution in [1.29, 1.82) is 0 Å². The van der Waals surface area contributed by atoms with E-state index in [4.69, 9.17) is 23.2 Å². The van der Waals surface area contributed by atoms with Crippen molar-refractivity contribution in [3.05, 3.63) is 52.0 Å². The third-order valence-electron chi connectivity index (χ3n) is 3.96. The molecule has 2 aromatic rings. The van der Waals surface area contributed by atoms with Crippen LogP contribution < -0.4 is 9.62 Å². The van der Waals surface area contributed by atoms with Gasteiger partial charge < -0.3 is 4.90 Å². The van der Waals surface area contributed by atoms with Crippen molar-refractivity contribution in [2.45, 2.75) is 24.7 Å². The number of sulfonamides is 1. The van der Waals surface area contributed by atoms with Gasteiger partial charge in [0.1, 0.15) is 0 Å². The highest BCUT2D eigenvalue weighted by Gasteiger charge is 2.24. The number of benzene rings is 2. The molecule has 0 aromatic heterocycles. The summed E-state index contributed by atoms with van der Waals surface area (Å²) in [4.78, 5) is 13.7. The maximum absolute atomic E-state index is 12.6. The Morgan fingerprint density at radius 1 is 1.08 bits per heavy atom. The van der Waals surface area contributed by atoms with Crippen molar-refractivity contribution in [1.82, 2.24) is 0 Å². The van der Waals surface area contributed by atoms with Crippen LogP contribution in [0.3, 0.4) is 0 Å². The van der Waals surface area contributed by atoms with E-state index in [-0.39, 0.29) is 16.5 Å². The van der Waals surface area contributed by atoms with E-state index in [9.17, 15) is 13.2 Å². The Labute approximate surface area is 156 Å². The number of nitrogens with zero attached hydrogens (tertiary/aromatic N) is 1. The number of carbonyl (C=O) groups is 1. The molecule has 5 nitrogen and oxygen atoms in total. The van der Waals surface area contributed by atoms with Gasteiger partial charge in [-0.25, -0.2) is 8.42 Å². The molecule has 1 saturated heterocycles. The minimum absolute atomic E-state index is 0.0606. The minimum atomic E-state index is -3.79. The fourth-order valence-corrected chi connectivity index (χ4v) is 4.48. The number of hydrogen-bond donors (Lipinski definition) is 1. The first-order chi connectivity index (χ1) is 11.8. The summed E-state index contributed by atoms with van der Waals surface area (Å²) in [5.74, 6) is 0.0606. The Morgan fingerprint density at radius 3 is 2.32 bits per heavy atom. The smallest absolute Gasteiger partial charge is 0.261 e. The molecule has 0 unspecified atom stereocenters. The molecule has 0 radical (unpaired) electrons. The summed E-state index contributed by atoms with van der Waals surface area (Å²) < 4.78 is 27.7. The molecule has 1 heterocycles. The second kappa shape index (κ2) is 6.86. The quantitative estimate of drug-likeness (QED) is 0.837. The van der Waals surface area contributed by atoms with Crippen molar-refractivity contribution in [3.63, 3.8) is 0 Å². The lowest BCUT2D eigenvalue weighted by Gasteiger charge is -2.19. The van der Waals surface area contributed by atoms with Crippen LogP contribution in [0, 0.1) is 6.92 Å². The van der Waals surface area contributed by atoms with E-state index in [0.29, 0.717) is 23.0 Å². The zero-order valence-corrected chi connectivity index (χ0v) is 15.7. The molecular formula is C17H16Cl2N2O3S. The van der Waals surface area contributed by atoms with Crippen LogP contribution in [-0.4, -0.2) is 20.9 Å². The van der Waals surface area contributed by atoms with E-state index in [1.807, 2.05) is 0 Å². The highest BCUT2D eigenvalue weighted by molar-refractivity contribution is 7.92. The number of rotatable bonds is 4. The zero-order chi connectivity index (χ0) is 18.2. The second-order valence-corrected chi connectivity index (χ2v) is 8.42. The van der Waals surface area contributed by atoms with Crippen LogP contribution >= 0.6 is 23.2 Å². The van der Waals surface area contributed by atoms with Crippen molar-refractivity contribution in [3.8, 4) is 0 Å². The molecule has 1 aliphatic rings. The zero-order valence-electron chi connectivity index (χ0n) is 13.4. The van der Waals surface area contributed by atoms with Crippen LogP contribution in [0.5, 0.6) is 0 Å². The molecule has 2 aromatic carbocycles. The van der Waals surface area contributed by atoms with E-state index >= 15 is 0 Å². The van der Waals surface area contributed by atoms with Gasteiger partial charge in [0.2, 0.25) is 5.91 Å². The Bertz CT molecular complexity index is 925. The van der Waals surface area contributed by atoms with Gasteiger partial charge in [-0.2, -0.15) is 0 Å². The molecule has 25 heavy (non-hydrogen) atoms. The molecule has 0 aliphatic carbocycles. The van der Waals surface area contributed by atoms with Gasteiger partial charge in [-0.1, -0.05) is 23.2 Å². The Hall–Kier alpha value is -1.76. The van der Waals surface area contributed by atoms with Gasteiger partial charge in [0.15, 0.2) is 0 Å². The van der Waals surface area contributed by atoms with Crippen LogP contribution in [0.25, 0.3) is 0 Å². The van der Waals surface area contributed by atoms with Crippen LogP contribution in [0.1, 0.15) is 18.4 Å². The molecule has 8 heteroatoms. The monoisotopic (exact) mass is 398 g/mol.